The molecule has 0 radical (unpaired) electrons. The van der Waals surface area contributed by atoms with Gasteiger partial charge in [0.15, 0.2) is 0 Å². The number of rotatable bonds is 9. The van der Waals surface area contributed by atoms with E-state index in [-0.39, 0.29) is 5.91 Å². The quantitative estimate of drug-likeness (QED) is 0.464. The van der Waals surface area contributed by atoms with Crippen LogP contribution in [-0.2, 0) is 16.0 Å². The predicted octanol–water partition coefficient (Wildman–Crippen LogP) is -0.344. The smallest absolute Gasteiger partial charge is 0.240 e. The predicted molar refractivity (Wildman–Crippen MR) is 82.2 cm³/mol. The highest BCUT2D eigenvalue weighted by Crippen LogP contribution is 2.04. The summed E-state index contributed by atoms with van der Waals surface area (Å²) in [5.74, 6) is -0.923. The van der Waals surface area contributed by atoms with Gasteiger partial charge in [0.2, 0.25) is 11.8 Å². The first-order valence-electron chi connectivity index (χ1n) is 7.14. The summed E-state index contributed by atoms with van der Waals surface area (Å²) in [7, 11) is 0. The average molecular weight is 292 g/mol. The maximum atomic E-state index is 12.0. The molecule has 0 aliphatic carbocycles. The first kappa shape index (κ1) is 17.1. The van der Waals surface area contributed by atoms with E-state index in [1.165, 1.54) is 0 Å². The molecule has 6 heteroatoms. The molecule has 0 fully saturated rings. The van der Waals surface area contributed by atoms with Crippen LogP contribution in [0.3, 0.4) is 0 Å². The Morgan fingerprint density at radius 1 is 1.14 bits per heavy atom. The molecule has 0 saturated heterocycles. The molecule has 2 amide bonds. The molecule has 0 spiro atoms. The lowest BCUT2D eigenvalue weighted by molar-refractivity contribution is -0.128. The van der Waals surface area contributed by atoms with Gasteiger partial charge >= 0.3 is 0 Å². The fourth-order valence-electron chi connectivity index (χ4n) is 1.99. The van der Waals surface area contributed by atoms with Crippen molar-refractivity contribution < 1.29 is 9.59 Å². The number of nitrogens with two attached hydrogens (primary N) is 3. The lowest BCUT2D eigenvalue weighted by Gasteiger charge is -2.18. The van der Waals surface area contributed by atoms with Gasteiger partial charge in [-0.15, -0.1) is 0 Å². The molecule has 1 aromatic carbocycles. The molecule has 21 heavy (non-hydrogen) atoms. The number of benzene rings is 1. The molecule has 116 valence electrons. The summed E-state index contributed by atoms with van der Waals surface area (Å²) < 4.78 is 0. The van der Waals surface area contributed by atoms with Gasteiger partial charge in [-0.1, -0.05) is 36.8 Å². The summed E-state index contributed by atoms with van der Waals surface area (Å²) in [5, 5.41) is 2.62. The second-order valence-corrected chi connectivity index (χ2v) is 5.04. The molecule has 0 aromatic heterocycles. The van der Waals surface area contributed by atoms with Gasteiger partial charge in [-0.05, 0) is 24.9 Å². The van der Waals surface area contributed by atoms with E-state index in [0.717, 1.165) is 18.4 Å². The summed E-state index contributed by atoms with van der Waals surface area (Å²) in [6.07, 6.45) is 2.51. The topological polar surface area (TPSA) is 124 Å². The van der Waals surface area contributed by atoms with Gasteiger partial charge < -0.3 is 22.5 Å². The molecule has 6 nitrogen and oxygen atoms in total. The minimum atomic E-state index is -0.750. The lowest BCUT2D eigenvalue weighted by atomic mass is 10.0. The largest absolute Gasteiger partial charge is 0.368 e. The van der Waals surface area contributed by atoms with Crippen LogP contribution in [0.1, 0.15) is 24.8 Å². The minimum absolute atomic E-state index is 0.355. The monoisotopic (exact) mass is 292 g/mol. The van der Waals surface area contributed by atoms with Crippen LogP contribution in [0.15, 0.2) is 30.3 Å². The van der Waals surface area contributed by atoms with Crippen molar-refractivity contribution in [3.63, 3.8) is 0 Å². The van der Waals surface area contributed by atoms with Crippen LogP contribution < -0.4 is 22.5 Å². The third-order valence-corrected chi connectivity index (χ3v) is 3.25. The number of hydrogen-bond donors (Lipinski definition) is 4. The first-order chi connectivity index (χ1) is 10.0. The second kappa shape index (κ2) is 9.10. The van der Waals surface area contributed by atoms with Gasteiger partial charge in [0.05, 0.1) is 6.04 Å². The number of unbranched alkanes of at least 4 members (excludes halogenated alkanes) is 1. The highest BCUT2D eigenvalue weighted by Gasteiger charge is 2.21. The van der Waals surface area contributed by atoms with Crippen molar-refractivity contribution in [1.82, 2.24) is 5.32 Å². The molecule has 0 aliphatic rings. The van der Waals surface area contributed by atoms with Crippen molar-refractivity contribution in [2.24, 2.45) is 17.2 Å². The third kappa shape index (κ3) is 6.37. The number of amides is 2. The van der Waals surface area contributed by atoms with Crippen LogP contribution in [0.25, 0.3) is 0 Å². The van der Waals surface area contributed by atoms with Crippen LogP contribution in [0.5, 0.6) is 0 Å². The average Bonchev–Trinajstić information content (AvgIpc) is 2.47. The zero-order valence-corrected chi connectivity index (χ0v) is 12.1. The third-order valence-electron chi connectivity index (χ3n) is 3.25. The Morgan fingerprint density at radius 2 is 1.81 bits per heavy atom. The van der Waals surface area contributed by atoms with Crippen molar-refractivity contribution in [2.45, 2.75) is 37.8 Å². The Labute approximate surface area is 125 Å². The van der Waals surface area contributed by atoms with Gasteiger partial charge in [0.25, 0.3) is 0 Å². The molecular weight excluding hydrogens is 268 g/mol. The van der Waals surface area contributed by atoms with E-state index < -0.39 is 18.0 Å². The van der Waals surface area contributed by atoms with E-state index in [2.05, 4.69) is 5.32 Å². The van der Waals surface area contributed by atoms with Gasteiger partial charge in [0.1, 0.15) is 6.04 Å². The molecule has 0 aliphatic heterocycles. The minimum Gasteiger partial charge on any atom is -0.368 e. The SMILES string of the molecule is NCCCC[C@@H](N)C(=O)N[C@@H](Cc1ccccc1)C(N)=O. The van der Waals surface area contributed by atoms with E-state index in [1.54, 1.807) is 0 Å². The maximum Gasteiger partial charge on any atom is 0.240 e. The standard InChI is InChI=1S/C15H24N4O2/c16-9-5-4-8-12(17)15(21)19-13(14(18)20)10-11-6-2-1-3-7-11/h1-3,6-7,12-13H,4-5,8-10,16-17H2,(H2,18,20)(H,19,21)/t12-,13+/m1/s1. The molecular formula is C15H24N4O2. The van der Waals surface area contributed by atoms with Crippen molar-refractivity contribution >= 4 is 11.8 Å². The lowest BCUT2D eigenvalue weighted by Crippen LogP contribution is -2.51. The van der Waals surface area contributed by atoms with E-state index in [4.69, 9.17) is 17.2 Å². The number of hydrogen-bond acceptors (Lipinski definition) is 4. The van der Waals surface area contributed by atoms with Crippen molar-refractivity contribution in [3.05, 3.63) is 35.9 Å². The van der Waals surface area contributed by atoms with E-state index in [9.17, 15) is 9.59 Å². The Morgan fingerprint density at radius 3 is 2.38 bits per heavy atom. The van der Waals surface area contributed by atoms with Crippen LogP contribution in [0.2, 0.25) is 0 Å². The molecule has 0 heterocycles. The zero-order chi connectivity index (χ0) is 15.7. The van der Waals surface area contributed by atoms with Crippen LogP contribution in [-0.4, -0.2) is 30.4 Å². The number of primary amides is 1. The van der Waals surface area contributed by atoms with Gasteiger partial charge in [0, 0.05) is 6.42 Å². The fourth-order valence-corrected chi connectivity index (χ4v) is 1.99. The van der Waals surface area contributed by atoms with Gasteiger partial charge in [-0.2, -0.15) is 0 Å². The summed E-state index contributed by atoms with van der Waals surface area (Å²) in [4.78, 5) is 23.4. The molecule has 1 rings (SSSR count). The zero-order valence-electron chi connectivity index (χ0n) is 12.1. The number of carbonyl (C=O) groups is 2. The normalized spacial score (nSPS) is 13.4. The molecule has 1 aromatic rings. The molecule has 2 atom stereocenters. The van der Waals surface area contributed by atoms with Crippen molar-refractivity contribution in [3.8, 4) is 0 Å². The van der Waals surface area contributed by atoms with Gasteiger partial charge in [-0.3, -0.25) is 9.59 Å². The van der Waals surface area contributed by atoms with Crippen molar-refractivity contribution in [1.29, 1.82) is 0 Å². The van der Waals surface area contributed by atoms with Crippen LogP contribution in [0.4, 0.5) is 0 Å². The van der Waals surface area contributed by atoms with E-state index in [1.807, 2.05) is 30.3 Å². The molecule has 0 saturated carbocycles. The summed E-state index contributed by atoms with van der Waals surface area (Å²) in [6.45, 7) is 0.576. The molecule has 7 N–H and O–H groups in total. The van der Waals surface area contributed by atoms with E-state index in [0.29, 0.717) is 19.4 Å². The Balaban J connectivity index is 2.54. The van der Waals surface area contributed by atoms with Crippen LogP contribution in [0, 0.1) is 0 Å². The number of carbonyl (C=O) groups excluding carboxylic acids is 2. The molecule has 0 unspecified atom stereocenters. The summed E-state index contributed by atoms with van der Waals surface area (Å²) in [5.41, 5.74) is 17.5. The maximum absolute atomic E-state index is 12.0. The van der Waals surface area contributed by atoms with Gasteiger partial charge in [-0.25, -0.2) is 0 Å². The first-order valence-corrected chi connectivity index (χ1v) is 7.14. The Kier molecular flexibility index (Phi) is 7.42. The highest BCUT2D eigenvalue weighted by molar-refractivity contribution is 5.89. The summed E-state index contributed by atoms with van der Waals surface area (Å²) in [6, 6.07) is 7.98. The van der Waals surface area contributed by atoms with Crippen LogP contribution >= 0.6 is 0 Å². The molecule has 0 bridgehead atoms. The number of nitrogens with one attached hydrogen (secondary N) is 1. The Hall–Kier alpha value is -1.92. The summed E-state index contributed by atoms with van der Waals surface area (Å²) >= 11 is 0. The van der Waals surface area contributed by atoms with E-state index >= 15 is 0 Å². The second-order valence-electron chi connectivity index (χ2n) is 5.04. The Bertz CT molecular complexity index is 450. The fraction of sp³-hybridized carbons (Fsp3) is 0.467. The highest BCUT2D eigenvalue weighted by atomic mass is 16.2. The van der Waals surface area contributed by atoms with Crippen molar-refractivity contribution in [2.75, 3.05) is 6.54 Å².